The number of hydrogen-bond donors (Lipinski definition) is 1. The molecule has 1 amide bonds. The standard InChI is InChI=1S/C13H11N3OS/c1-9-3-2-4-10(7-9)14-12(17)11-8-16-5-6-18-13(16)15-11/h2-8H,1H3,(H,14,17). The number of aromatic nitrogens is 2. The minimum absolute atomic E-state index is 0.184. The van der Waals surface area contributed by atoms with Crippen LogP contribution in [0, 0.1) is 6.92 Å². The number of fused-ring (bicyclic) bond motifs is 1. The highest BCUT2D eigenvalue weighted by Gasteiger charge is 2.11. The number of rotatable bonds is 2. The van der Waals surface area contributed by atoms with E-state index in [1.54, 1.807) is 6.20 Å². The van der Waals surface area contributed by atoms with Gasteiger partial charge in [0.15, 0.2) is 4.96 Å². The van der Waals surface area contributed by atoms with Gasteiger partial charge in [0.1, 0.15) is 5.69 Å². The fraction of sp³-hybridized carbons (Fsp3) is 0.0769. The molecule has 0 spiro atoms. The lowest BCUT2D eigenvalue weighted by Crippen LogP contribution is -2.12. The van der Waals surface area contributed by atoms with E-state index in [0.29, 0.717) is 5.69 Å². The van der Waals surface area contributed by atoms with E-state index in [1.807, 2.05) is 47.2 Å². The largest absolute Gasteiger partial charge is 0.321 e. The van der Waals surface area contributed by atoms with Gasteiger partial charge in [-0.25, -0.2) is 4.98 Å². The molecule has 0 saturated heterocycles. The molecule has 4 nitrogen and oxygen atoms in total. The van der Waals surface area contributed by atoms with E-state index in [4.69, 9.17) is 0 Å². The number of amides is 1. The Morgan fingerprint density at radius 1 is 1.44 bits per heavy atom. The van der Waals surface area contributed by atoms with Crippen LogP contribution in [0.4, 0.5) is 5.69 Å². The summed E-state index contributed by atoms with van der Waals surface area (Å²) in [5, 5.41) is 4.77. The minimum atomic E-state index is -0.184. The minimum Gasteiger partial charge on any atom is -0.321 e. The van der Waals surface area contributed by atoms with Crippen molar-refractivity contribution in [2.45, 2.75) is 6.92 Å². The third-order valence-corrected chi connectivity index (χ3v) is 3.37. The molecular weight excluding hydrogens is 246 g/mol. The van der Waals surface area contributed by atoms with Crippen molar-refractivity contribution in [2.24, 2.45) is 0 Å². The Balaban J connectivity index is 1.85. The van der Waals surface area contributed by atoms with Crippen LogP contribution in [0.2, 0.25) is 0 Å². The molecule has 0 aliphatic rings. The molecule has 1 aromatic carbocycles. The predicted octanol–water partition coefficient (Wildman–Crippen LogP) is 2.96. The molecule has 5 heteroatoms. The molecule has 0 atom stereocenters. The third kappa shape index (κ3) is 2.00. The maximum atomic E-state index is 12.0. The molecule has 90 valence electrons. The Morgan fingerprint density at radius 2 is 2.33 bits per heavy atom. The first-order valence-electron chi connectivity index (χ1n) is 5.52. The molecule has 3 rings (SSSR count). The van der Waals surface area contributed by atoms with Crippen LogP contribution in [0.1, 0.15) is 16.1 Å². The molecule has 2 aromatic heterocycles. The zero-order chi connectivity index (χ0) is 12.5. The van der Waals surface area contributed by atoms with E-state index in [2.05, 4.69) is 10.3 Å². The van der Waals surface area contributed by atoms with Gasteiger partial charge in [-0.15, -0.1) is 11.3 Å². The molecule has 1 N–H and O–H groups in total. The SMILES string of the molecule is Cc1cccc(NC(=O)c2cn3ccsc3n2)c1. The molecular formula is C13H11N3OS. The van der Waals surface area contributed by atoms with Gasteiger partial charge in [-0.2, -0.15) is 0 Å². The van der Waals surface area contributed by atoms with Gasteiger partial charge < -0.3 is 5.32 Å². The van der Waals surface area contributed by atoms with E-state index in [0.717, 1.165) is 16.2 Å². The summed E-state index contributed by atoms with van der Waals surface area (Å²) in [6, 6.07) is 7.69. The Hall–Kier alpha value is -2.14. The monoisotopic (exact) mass is 257 g/mol. The van der Waals surface area contributed by atoms with E-state index >= 15 is 0 Å². The van der Waals surface area contributed by atoms with Crippen LogP contribution >= 0.6 is 11.3 Å². The summed E-state index contributed by atoms with van der Waals surface area (Å²) in [7, 11) is 0. The van der Waals surface area contributed by atoms with Crippen molar-refractivity contribution in [3.63, 3.8) is 0 Å². The van der Waals surface area contributed by atoms with Crippen molar-refractivity contribution in [3.8, 4) is 0 Å². The first-order chi connectivity index (χ1) is 8.72. The number of carbonyl (C=O) groups excluding carboxylic acids is 1. The summed E-state index contributed by atoms with van der Waals surface area (Å²) in [6.07, 6.45) is 3.62. The molecule has 0 fully saturated rings. The highest BCUT2D eigenvalue weighted by atomic mass is 32.1. The number of nitrogens with one attached hydrogen (secondary N) is 1. The van der Waals surface area contributed by atoms with Crippen molar-refractivity contribution < 1.29 is 4.79 Å². The maximum Gasteiger partial charge on any atom is 0.275 e. The summed E-state index contributed by atoms with van der Waals surface area (Å²) in [5.74, 6) is -0.184. The fourth-order valence-corrected chi connectivity index (χ4v) is 2.45. The average Bonchev–Trinajstić information content (AvgIpc) is 2.88. The second-order valence-corrected chi connectivity index (χ2v) is 4.92. The molecule has 0 bridgehead atoms. The van der Waals surface area contributed by atoms with Crippen LogP contribution in [0.5, 0.6) is 0 Å². The lowest BCUT2D eigenvalue weighted by atomic mass is 10.2. The van der Waals surface area contributed by atoms with Crippen molar-refractivity contribution in [2.75, 3.05) is 5.32 Å². The van der Waals surface area contributed by atoms with Crippen LogP contribution < -0.4 is 5.32 Å². The van der Waals surface area contributed by atoms with Gasteiger partial charge in [0.05, 0.1) is 0 Å². The quantitative estimate of drug-likeness (QED) is 0.767. The van der Waals surface area contributed by atoms with Crippen LogP contribution in [-0.2, 0) is 0 Å². The first-order valence-corrected chi connectivity index (χ1v) is 6.40. The Bertz CT molecular complexity index is 685. The number of carbonyl (C=O) groups is 1. The Labute approximate surface area is 108 Å². The number of nitrogens with zero attached hydrogens (tertiary/aromatic N) is 2. The van der Waals surface area contributed by atoms with E-state index in [9.17, 15) is 4.79 Å². The van der Waals surface area contributed by atoms with Gasteiger partial charge in [-0.05, 0) is 24.6 Å². The summed E-state index contributed by atoms with van der Waals surface area (Å²) in [5.41, 5.74) is 2.33. The van der Waals surface area contributed by atoms with E-state index in [-0.39, 0.29) is 5.91 Å². The Kier molecular flexibility index (Phi) is 2.60. The summed E-state index contributed by atoms with van der Waals surface area (Å²) < 4.78 is 1.84. The van der Waals surface area contributed by atoms with Crippen LogP contribution in [0.15, 0.2) is 42.0 Å². The predicted molar refractivity (Wildman–Crippen MR) is 72.2 cm³/mol. The number of thiazole rings is 1. The summed E-state index contributed by atoms with van der Waals surface area (Å²) >= 11 is 1.51. The molecule has 0 aliphatic carbocycles. The number of aryl methyl sites for hydroxylation is 1. The van der Waals surface area contributed by atoms with Gasteiger partial charge in [-0.1, -0.05) is 12.1 Å². The van der Waals surface area contributed by atoms with Gasteiger partial charge in [0, 0.05) is 23.5 Å². The van der Waals surface area contributed by atoms with Gasteiger partial charge in [0.25, 0.3) is 5.91 Å². The van der Waals surface area contributed by atoms with Crippen molar-refractivity contribution >= 4 is 27.9 Å². The number of imidazole rings is 1. The number of anilines is 1. The van der Waals surface area contributed by atoms with Crippen LogP contribution in [0.25, 0.3) is 4.96 Å². The lowest BCUT2D eigenvalue weighted by molar-refractivity contribution is 0.102. The second kappa shape index (κ2) is 4.27. The van der Waals surface area contributed by atoms with Gasteiger partial charge >= 0.3 is 0 Å². The lowest BCUT2D eigenvalue weighted by Gasteiger charge is -2.03. The molecule has 0 aliphatic heterocycles. The smallest absolute Gasteiger partial charge is 0.275 e. The summed E-state index contributed by atoms with van der Waals surface area (Å²) in [4.78, 5) is 17.1. The average molecular weight is 257 g/mol. The fourth-order valence-electron chi connectivity index (χ4n) is 1.75. The van der Waals surface area contributed by atoms with Gasteiger partial charge in [-0.3, -0.25) is 9.20 Å². The van der Waals surface area contributed by atoms with Crippen molar-refractivity contribution in [1.29, 1.82) is 0 Å². The third-order valence-electron chi connectivity index (χ3n) is 2.60. The topological polar surface area (TPSA) is 46.4 Å². The van der Waals surface area contributed by atoms with Crippen molar-refractivity contribution in [3.05, 3.63) is 53.3 Å². The molecule has 0 unspecified atom stereocenters. The Morgan fingerprint density at radius 3 is 3.11 bits per heavy atom. The zero-order valence-corrected chi connectivity index (χ0v) is 10.6. The molecule has 0 radical (unpaired) electrons. The van der Waals surface area contributed by atoms with Gasteiger partial charge in [0.2, 0.25) is 0 Å². The molecule has 18 heavy (non-hydrogen) atoms. The molecule has 3 aromatic rings. The normalized spacial score (nSPS) is 10.7. The number of benzene rings is 1. The zero-order valence-electron chi connectivity index (χ0n) is 9.75. The maximum absolute atomic E-state index is 12.0. The van der Waals surface area contributed by atoms with Crippen molar-refractivity contribution in [1.82, 2.24) is 9.38 Å². The second-order valence-electron chi connectivity index (χ2n) is 4.04. The molecule has 0 saturated carbocycles. The first kappa shape index (κ1) is 11.0. The van der Waals surface area contributed by atoms with Crippen LogP contribution in [-0.4, -0.2) is 15.3 Å². The van der Waals surface area contributed by atoms with Crippen LogP contribution in [0.3, 0.4) is 0 Å². The highest BCUT2D eigenvalue weighted by molar-refractivity contribution is 7.15. The van der Waals surface area contributed by atoms with E-state index in [1.165, 1.54) is 11.3 Å². The van der Waals surface area contributed by atoms with E-state index < -0.39 is 0 Å². The number of hydrogen-bond acceptors (Lipinski definition) is 3. The summed E-state index contributed by atoms with van der Waals surface area (Å²) in [6.45, 7) is 1.99. The molecule has 2 heterocycles. The highest BCUT2D eigenvalue weighted by Crippen LogP contribution is 2.14.